The Morgan fingerprint density at radius 2 is 1.70 bits per heavy atom. The van der Waals surface area contributed by atoms with Crippen LogP contribution in [0.4, 0.5) is 0 Å². The molecule has 4 heteroatoms. The predicted molar refractivity (Wildman–Crippen MR) is 76.3 cm³/mol. The molecule has 0 fully saturated rings. The second-order valence-electron chi connectivity index (χ2n) is 5.00. The number of hydrogen-bond donors (Lipinski definition) is 0. The molecule has 5 rings (SSSR count). The van der Waals surface area contributed by atoms with Gasteiger partial charge in [0, 0.05) is 16.2 Å². The van der Waals surface area contributed by atoms with Gasteiger partial charge in [0.1, 0.15) is 5.35 Å². The third-order valence-electron chi connectivity index (χ3n) is 3.88. The van der Waals surface area contributed by atoms with E-state index >= 15 is 0 Å². The van der Waals surface area contributed by atoms with E-state index in [1.807, 2.05) is 30.3 Å². The molecule has 1 aliphatic carbocycles. The lowest BCUT2D eigenvalue weighted by molar-refractivity contribution is 1.03. The van der Waals surface area contributed by atoms with Crippen molar-refractivity contribution in [3.05, 3.63) is 63.4 Å². The Morgan fingerprint density at radius 3 is 2.65 bits per heavy atom. The summed E-state index contributed by atoms with van der Waals surface area (Å²) in [5.41, 5.74) is 1.69. The number of benzene rings is 2. The normalized spacial score (nSPS) is 12.2. The first-order valence-electron chi connectivity index (χ1n) is 6.36. The number of fused-ring (bicyclic) bond motifs is 5. The number of hydrogen-bond acceptors (Lipinski definition) is 4. The van der Waals surface area contributed by atoms with Crippen molar-refractivity contribution in [1.82, 2.24) is 15.2 Å². The van der Waals surface area contributed by atoms with Crippen molar-refractivity contribution in [2.24, 2.45) is 0 Å². The molecule has 0 saturated carbocycles. The predicted octanol–water partition coefficient (Wildman–Crippen LogP) is 2.29. The maximum Gasteiger partial charge on any atom is 0.297 e. The highest BCUT2D eigenvalue weighted by Crippen LogP contribution is 2.30. The molecule has 1 aromatic heterocycles. The van der Waals surface area contributed by atoms with Crippen molar-refractivity contribution >= 4 is 32.6 Å². The third-order valence-corrected chi connectivity index (χ3v) is 3.88. The van der Waals surface area contributed by atoms with Gasteiger partial charge in [-0.25, -0.2) is 4.98 Å². The molecule has 2 aromatic carbocycles. The maximum absolute atomic E-state index is 11.6. The van der Waals surface area contributed by atoms with E-state index in [9.17, 15) is 4.79 Å². The second-order valence-corrected chi connectivity index (χ2v) is 5.00. The topological polar surface area (TPSA) is 55.7 Å². The van der Waals surface area contributed by atoms with Crippen molar-refractivity contribution in [1.29, 1.82) is 0 Å². The monoisotopic (exact) mass is 257 g/mol. The van der Waals surface area contributed by atoms with Gasteiger partial charge in [0.05, 0.1) is 16.3 Å². The number of para-hydroxylation sites is 1. The molecular weight excluding hydrogens is 250 g/mol. The van der Waals surface area contributed by atoms with Gasteiger partial charge in [-0.05, 0) is 29.7 Å². The average Bonchev–Trinajstić information content (AvgIpc) is 3.10. The average molecular weight is 257 g/mol. The van der Waals surface area contributed by atoms with E-state index in [1.54, 1.807) is 0 Å². The minimum Gasteiger partial charge on any atom is -0.265 e. The van der Waals surface area contributed by atoms with Gasteiger partial charge in [0.15, 0.2) is 0 Å². The molecule has 4 nitrogen and oxygen atoms in total. The molecule has 1 aliphatic heterocycles. The molecule has 20 heavy (non-hydrogen) atoms. The zero-order valence-electron chi connectivity index (χ0n) is 10.3. The van der Waals surface area contributed by atoms with Crippen molar-refractivity contribution in [3.8, 4) is 0 Å². The Balaban J connectivity index is 2.10. The smallest absolute Gasteiger partial charge is 0.265 e. The second kappa shape index (κ2) is 3.17. The van der Waals surface area contributed by atoms with Crippen LogP contribution in [-0.4, -0.2) is 15.2 Å². The fourth-order valence-electron chi connectivity index (χ4n) is 2.95. The highest BCUT2D eigenvalue weighted by atomic mass is 16.1. The van der Waals surface area contributed by atoms with E-state index in [1.165, 1.54) is 0 Å². The lowest BCUT2D eigenvalue weighted by Gasteiger charge is -1.92. The Morgan fingerprint density at radius 1 is 0.800 bits per heavy atom. The molecule has 0 amide bonds. The fourth-order valence-corrected chi connectivity index (χ4v) is 2.95. The van der Waals surface area contributed by atoms with Crippen molar-refractivity contribution in [3.63, 3.8) is 0 Å². The summed E-state index contributed by atoms with van der Waals surface area (Å²) in [5.74, 6) is 0. The summed E-state index contributed by atoms with van der Waals surface area (Å²) in [5, 5.41) is 13.1. The quantitative estimate of drug-likeness (QED) is 0.427. The van der Waals surface area contributed by atoms with Gasteiger partial charge in [-0.15, -0.1) is 10.2 Å². The molecule has 0 bridgehead atoms. The van der Waals surface area contributed by atoms with Crippen LogP contribution < -0.4 is 5.56 Å². The number of nitrogens with zero attached hydrogens (tertiary/aromatic N) is 3. The van der Waals surface area contributed by atoms with E-state index in [-0.39, 0.29) is 5.56 Å². The minimum absolute atomic E-state index is 0.256. The molecule has 0 radical (unpaired) electrons. The van der Waals surface area contributed by atoms with E-state index < -0.39 is 0 Å². The SMILES string of the molecule is O=c1nnc2c3cc4c(cc3cc1=2)nc1ccccc14. The van der Waals surface area contributed by atoms with E-state index in [0.717, 1.165) is 32.6 Å². The summed E-state index contributed by atoms with van der Waals surface area (Å²) >= 11 is 0. The van der Waals surface area contributed by atoms with E-state index in [4.69, 9.17) is 0 Å². The summed E-state index contributed by atoms with van der Waals surface area (Å²) in [4.78, 5) is 16.2. The van der Waals surface area contributed by atoms with Crippen molar-refractivity contribution in [2.75, 3.05) is 0 Å². The van der Waals surface area contributed by atoms with Crippen LogP contribution in [0.5, 0.6) is 0 Å². The third kappa shape index (κ3) is 1.07. The Kier molecular flexibility index (Phi) is 1.58. The summed E-state index contributed by atoms with van der Waals surface area (Å²) < 4.78 is 0. The molecule has 2 heterocycles. The van der Waals surface area contributed by atoms with Gasteiger partial charge in [0.2, 0.25) is 0 Å². The van der Waals surface area contributed by atoms with E-state index in [0.29, 0.717) is 10.6 Å². The van der Waals surface area contributed by atoms with Crippen molar-refractivity contribution < 1.29 is 0 Å². The maximum atomic E-state index is 11.6. The summed E-state index contributed by atoms with van der Waals surface area (Å²) in [7, 11) is 0. The van der Waals surface area contributed by atoms with Crippen LogP contribution in [0.2, 0.25) is 0 Å². The lowest BCUT2D eigenvalue weighted by atomic mass is 10.1. The minimum atomic E-state index is -0.256. The van der Waals surface area contributed by atoms with Gasteiger partial charge in [-0.3, -0.25) is 4.79 Å². The molecule has 0 saturated heterocycles. The Hall–Kier alpha value is -2.88. The van der Waals surface area contributed by atoms with Crippen LogP contribution in [0, 0.1) is 10.6 Å². The van der Waals surface area contributed by atoms with Crippen LogP contribution in [0.1, 0.15) is 0 Å². The highest BCUT2D eigenvalue weighted by molar-refractivity contribution is 6.12. The first-order valence-corrected chi connectivity index (χ1v) is 6.36. The standard InChI is InChI=1S/C16H7N3O/c20-16-12-5-8-6-14-11(7-10(8)15(12)18-19-16)9-3-1-2-4-13(9)17-14/h1-7H. The Bertz CT molecular complexity index is 1220. The number of aromatic nitrogens is 3. The zero-order chi connectivity index (χ0) is 13.3. The molecule has 3 aromatic rings. The molecular formula is C16H7N3O. The molecule has 0 spiro atoms. The molecule has 2 aliphatic rings. The van der Waals surface area contributed by atoms with Crippen LogP contribution >= 0.6 is 0 Å². The van der Waals surface area contributed by atoms with E-state index in [2.05, 4.69) is 27.3 Å². The summed E-state index contributed by atoms with van der Waals surface area (Å²) in [6.07, 6.45) is 0. The summed E-state index contributed by atoms with van der Waals surface area (Å²) in [6, 6.07) is 14.0. The first-order chi connectivity index (χ1) is 9.81. The molecule has 0 unspecified atom stereocenters. The summed E-state index contributed by atoms with van der Waals surface area (Å²) in [6.45, 7) is 0. The molecule has 0 N–H and O–H groups in total. The lowest BCUT2D eigenvalue weighted by Crippen LogP contribution is -1.98. The highest BCUT2D eigenvalue weighted by Gasteiger charge is 2.11. The van der Waals surface area contributed by atoms with Gasteiger partial charge in [0.25, 0.3) is 5.56 Å². The van der Waals surface area contributed by atoms with Crippen LogP contribution in [-0.2, 0) is 0 Å². The Labute approximate surface area is 112 Å². The van der Waals surface area contributed by atoms with Crippen LogP contribution in [0.15, 0.2) is 47.3 Å². The van der Waals surface area contributed by atoms with Gasteiger partial charge < -0.3 is 0 Å². The van der Waals surface area contributed by atoms with Crippen molar-refractivity contribution in [2.45, 2.75) is 0 Å². The van der Waals surface area contributed by atoms with Gasteiger partial charge in [-0.2, -0.15) is 0 Å². The molecule has 0 atom stereocenters. The zero-order valence-corrected chi connectivity index (χ0v) is 10.3. The van der Waals surface area contributed by atoms with Crippen LogP contribution in [0.25, 0.3) is 32.6 Å². The van der Waals surface area contributed by atoms with Gasteiger partial charge in [-0.1, -0.05) is 18.2 Å². The molecule has 92 valence electrons. The number of rotatable bonds is 0. The largest absolute Gasteiger partial charge is 0.297 e. The fraction of sp³-hybridized carbons (Fsp3) is 0. The van der Waals surface area contributed by atoms with Gasteiger partial charge >= 0.3 is 0 Å². The van der Waals surface area contributed by atoms with Crippen LogP contribution in [0.3, 0.4) is 0 Å². The first kappa shape index (κ1) is 9.97.